The van der Waals surface area contributed by atoms with E-state index in [2.05, 4.69) is 31.4 Å². The van der Waals surface area contributed by atoms with Crippen LogP contribution in [0.3, 0.4) is 0 Å². The van der Waals surface area contributed by atoms with Crippen molar-refractivity contribution in [2.75, 3.05) is 5.32 Å². The van der Waals surface area contributed by atoms with E-state index >= 15 is 0 Å². The lowest BCUT2D eigenvalue weighted by atomic mass is 10.2. The molecular formula is C22H19BrN4O2S. The van der Waals surface area contributed by atoms with Gasteiger partial charge in [-0.2, -0.15) is 0 Å². The van der Waals surface area contributed by atoms with E-state index in [1.807, 2.05) is 78.2 Å². The number of hydrogen-bond donors (Lipinski definition) is 1. The quantitative estimate of drug-likeness (QED) is 0.353. The molecule has 0 spiro atoms. The van der Waals surface area contributed by atoms with Gasteiger partial charge in [0.15, 0.2) is 10.9 Å². The number of thioether (sulfide) groups is 1. The van der Waals surface area contributed by atoms with E-state index in [0.717, 1.165) is 15.7 Å². The van der Waals surface area contributed by atoms with E-state index in [1.165, 1.54) is 11.8 Å². The van der Waals surface area contributed by atoms with Crippen molar-refractivity contribution in [3.8, 4) is 11.6 Å². The van der Waals surface area contributed by atoms with E-state index in [0.29, 0.717) is 23.3 Å². The first-order valence-corrected chi connectivity index (χ1v) is 11.0. The zero-order valence-corrected chi connectivity index (χ0v) is 18.6. The number of halogens is 1. The van der Waals surface area contributed by atoms with Crippen molar-refractivity contribution in [2.24, 2.45) is 0 Å². The van der Waals surface area contributed by atoms with E-state index < -0.39 is 0 Å². The molecule has 4 aromatic rings. The summed E-state index contributed by atoms with van der Waals surface area (Å²) in [5.74, 6) is 1.17. The normalized spacial score (nSPS) is 11.9. The Hall–Kier alpha value is -2.84. The molecule has 0 aliphatic carbocycles. The molecule has 1 amide bonds. The number of furan rings is 1. The fourth-order valence-electron chi connectivity index (χ4n) is 2.86. The standard InChI is InChI=1S/C22H19BrN4O2S/c1-15(21(28)24-18-11-9-17(23)10-12-18)30-22-26-25-20(19-8-5-13-29-19)27(22)14-16-6-3-2-4-7-16/h2-13,15H,14H2,1H3,(H,24,28). The molecule has 0 fully saturated rings. The van der Waals surface area contributed by atoms with Crippen LogP contribution in [0.5, 0.6) is 0 Å². The number of nitrogens with one attached hydrogen (secondary N) is 1. The second-order valence-electron chi connectivity index (χ2n) is 6.61. The SMILES string of the molecule is CC(Sc1nnc(-c2ccco2)n1Cc1ccccc1)C(=O)Nc1ccc(Br)cc1. The zero-order valence-electron chi connectivity index (χ0n) is 16.2. The minimum atomic E-state index is -0.364. The van der Waals surface area contributed by atoms with Crippen LogP contribution >= 0.6 is 27.7 Å². The molecule has 8 heteroatoms. The number of benzene rings is 2. The van der Waals surface area contributed by atoms with Crippen molar-refractivity contribution >= 4 is 39.3 Å². The van der Waals surface area contributed by atoms with Crippen LogP contribution < -0.4 is 5.32 Å². The maximum atomic E-state index is 12.7. The molecule has 1 unspecified atom stereocenters. The first kappa shape index (κ1) is 20.4. The summed E-state index contributed by atoms with van der Waals surface area (Å²) >= 11 is 4.76. The number of aromatic nitrogens is 3. The van der Waals surface area contributed by atoms with Crippen molar-refractivity contribution < 1.29 is 9.21 Å². The molecular weight excluding hydrogens is 464 g/mol. The number of carbonyl (C=O) groups is 1. The van der Waals surface area contributed by atoms with Gasteiger partial charge in [0.1, 0.15) is 0 Å². The molecule has 2 aromatic carbocycles. The fraction of sp³-hybridized carbons (Fsp3) is 0.136. The Labute approximate surface area is 186 Å². The van der Waals surface area contributed by atoms with Crippen molar-refractivity contribution in [2.45, 2.75) is 23.9 Å². The third-order valence-corrected chi connectivity index (χ3v) is 6.01. The first-order chi connectivity index (χ1) is 14.6. The Morgan fingerprint density at radius 2 is 1.87 bits per heavy atom. The smallest absolute Gasteiger partial charge is 0.237 e. The molecule has 152 valence electrons. The maximum absolute atomic E-state index is 12.7. The summed E-state index contributed by atoms with van der Waals surface area (Å²) in [6.45, 7) is 2.43. The lowest BCUT2D eigenvalue weighted by Crippen LogP contribution is -2.23. The number of amides is 1. The molecule has 6 nitrogen and oxygen atoms in total. The number of carbonyl (C=O) groups excluding carboxylic acids is 1. The maximum Gasteiger partial charge on any atom is 0.237 e. The Morgan fingerprint density at radius 1 is 1.10 bits per heavy atom. The first-order valence-electron chi connectivity index (χ1n) is 9.34. The minimum Gasteiger partial charge on any atom is -0.461 e. The van der Waals surface area contributed by atoms with Gasteiger partial charge in [-0.25, -0.2) is 0 Å². The topological polar surface area (TPSA) is 73.0 Å². The summed E-state index contributed by atoms with van der Waals surface area (Å²) in [4.78, 5) is 12.7. The van der Waals surface area contributed by atoms with E-state index in [1.54, 1.807) is 6.26 Å². The molecule has 2 aromatic heterocycles. The number of anilines is 1. The predicted octanol–water partition coefficient (Wildman–Crippen LogP) is 5.47. The van der Waals surface area contributed by atoms with Crippen LogP contribution in [0.25, 0.3) is 11.6 Å². The van der Waals surface area contributed by atoms with Crippen LogP contribution in [-0.2, 0) is 11.3 Å². The molecule has 0 saturated carbocycles. The molecule has 0 saturated heterocycles. The summed E-state index contributed by atoms with van der Waals surface area (Å²) < 4.78 is 8.47. The average molecular weight is 483 g/mol. The van der Waals surface area contributed by atoms with Crippen molar-refractivity contribution in [1.29, 1.82) is 0 Å². The highest BCUT2D eigenvalue weighted by Crippen LogP contribution is 2.28. The Morgan fingerprint density at radius 3 is 2.57 bits per heavy atom. The average Bonchev–Trinajstić information content (AvgIpc) is 3.41. The molecule has 0 bridgehead atoms. The molecule has 1 atom stereocenters. The van der Waals surface area contributed by atoms with Crippen LogP contribution in [0.1, 0.15) is 12.5 Å². The van der Waals surface area contributed by atoms with Gasteiger partial charge in [0, 0.05) is 10.2 Å². The Kier molecular flexibility index (Phi) is 6.35. The van der Waals surface area contributed by atoms with Crippen LogP contribution in [-0.4, -0.2) is 25.9 Å². The third-order valence-electron chi connectivity index (χ3n) is 4.41. The second-order valence-corrected chi connectivity index (χ2v) is 8.84. The van der Waals surface area contributed by atoms with Crippen LogP contribution in [0.15, 0.2) is 87.0 Å². The highest BCUT2D eigenvalue weighted by molar-refractivity contribution is 9.10. The van der Waals surface area contributed by atoms with Gasteiger partial charge in [0.05, 0.1) is 18.1 Å². The highest BCUT2D eigenvalue weighted by atomic mass is 79.9. The summed E-state index contributed by atoms with van der Waals surface area (Å²) in [7, 11) is 0. The number of rotatable bonds is 7. The van der Waals surface area contributed by atoms with Crippen molar-refractivity contribution in [3.63, 3.8) is 0 Å². The van der Waals surface area contributed by atoms with Crippen molar-refractivity contribution in [1.82, 2.24) is 14.8 Å². The molecule has 0 aliphatic heterocycles. The lowest BCUT2D eigenvalue weighted by molar-refractivity contribution is -0.115. The van der Waals surface area contributed by atoms with Crippen LogP contribution in [0.4, 0.5) is 5.69 Å². The molecule has 0 radical (unpaired) electrons. The Bertz CT molecular complexity index is 1110. The van der Waals surface area contributed by atoms with Gasteiger partial charge in [-0.15, -0.1) is 10.2 Å². The molecule has 2 heterocycles. The van der Waals surface area contributed by atoms with Gasteiger partial charge >= 0.3 is 0 Å². The van der Waals surface area contributed by atoms with Gasteiger partial charge in [-0.3, -0.25) is 9.36 Å². The minimum absolute atomic E-state index is 0.101. The van der Waals surface area contributed by atoms with Crippen LogP contribution in [0, 0.1) is 0 Å². The highest BCUT2D eigenvalue weighted by Gasteiger charge is 2.22. The largest absolute Gasteiger partial charge is 0.461 e. The second kappa shape index (κ2) is 9.32. The summed E-state index contributed by atoms with van der Waals surface area (Å²) in [6.07, 6.45) is 1.61. The van der Waals surface area contributed by atoms with Gasteiger partial charge in [0.2, 0.25) is 11.7 Å². The Balaban J connectivity index is 1.55. The van der Waals surface area contributed by atoms with Gasteiger partial charge < -0.3 is 9.73 Å². The summed E-state index contributed by atoms with van der Waals surface area (Å²) in [5, 5.41) is 11.9. The molecule has 4 rings (SSSR count). The van der Waals surface area contributed by atoms with Gasteiger partial charge in [-0.1, -0.05) is 58.0 Å². The molecule has 1 N–H and O–H groups in total. The lowest BCUT2D eigenvalue weighted by Gasteiger charge is -2.13. The number of nitrogens with zero attached hydrogens (tertiary/aromatic N) is 3. The van der Waals surface area contributed by atoms with Gasteiger partial charge in [-0.05, 0) is 48.9 Å². The summed E-state index contributed by atoms with van der Waals surface area (Å²) in [5.41, 5.74) is 1.86. The predicted molar refractivity (Wildman–Crippen MR) is 121 cm³/mol. The van der Waals surface area contributed by atoms with Crippen molar-refractivity contribution in [3.05, 3.63) is 83.0 Å². The molecule has 30 heavy (non-hydrogen) atoms. The van der Waals surface area contributed by atoms with E-state index in [4.69, 9.17) is 4.42 Å². The molecule has 0 aliphatic rings. The van der Waals surface area contributed by atoms with Crippen LogP contribution in [0.2, 0.25) is 0 Å². The van der Waals surface area contributed by atoms with E-state index in [9.17, 15) is 4.79 Å². The van der Waals surface area contributed by atoms with Gasteiger partial charge in [0.25, 0.3) is 0 Å². The van der Waals surface area contributed by atoms with E-state index in [-0.39, 0.29) is 11.2 Å². The zero-order chi connectivity index (χ0) is 20.9. The summed E-state index contributed by atoms with van der Waals surface area (Å²) in [6, 6.07) is 21.2. The third kappa shape index (κ3) is 4.83. The number of hydrogen-bond acceptors (Lipinski definition) is 5. The monoisotopic (exact) mass is 482 g/mol. The fourth-order valence-corrected chi connectivity index (χ4v) is 3.97.